The monoisotopic (exact) mass is 409 g/mol. The van der Waals surface area contributed by atoms with Crippen LogP contribution in [0.4, 0.5) is 8.78 Å². The maximum atomic E-state index is 12.6. The normalized spacial score (nSPS) is 15.8. The molecule has 1 N–H and O–H groups in total. The number of piperazine rings is 1. The lowest BCUT2D eigenvalue weighted by Crippen LogP contribution is -2.49. The zero-order valence-electron chi connectivity index (χ0n) is 16.5. The number of rotatable bonds is 8. The van der Waals surface area contributed by atoms with Gasteiger partial charge in [-0.25, -0.2) is 0 Å². The SMILES string of the molecule is CC(C)NC(=O)CN1CCN(Cc2nc(-c3ccccc3OC(F)F)no2)CC1. The van der Waals surface area contributed by atoms with Crippen molar-refractivity contribution in [2.45, 2.75) is 33.0 Å². The molecule has 1 saturated heterocycles. The molecule has 1 amide bonds. The number of aromatic nitrogens is 2. The summed E-state index contributed by atoms with van der Waals surface area (Å²) in [5.41, 5.74) is 0.351. The minimum Gasteiger partial charge on any atom is -0.434 e. The zero-order chi connectivity index (χ0) is 20.8. The van der Waals surface area contributed by atoms with Gasteiger partial charge in [-0.05, 0) is 26.0 Å². The van der Waals surface area contributed by atoms with Crippen molar-refractivity contribution in [3.8, 4) is 17.1 Å². The van der Waals surface area contributed by atoms with Gasteiger partial charge in [0, 0.05) is 32.2 Å². The lowest BCUT2D eigenvalue weighted by atomic mass is 10.2. The Morgan fingerprint density at radius 3 is 2.59 bits per heavy atom. The smallest absolute Gasteiger partial charge is 0.387 e. The van der Waals surface area contributed by atoms with E-state index >= 15 is 0 Å². The van der Waals surface area contributed by atoms with Crippen molar-refractivity contribution in [1.29, 1.82) is 0 Å². The number of alkyl halides is 2. The van der Waals surface area contributed by atoms with Crippen LogP contribution in [0.25, 0.3) is 11.4 Å². The molecule has 1 aliphatic heterocycles. The number of nitrogens with one attached hydrogen (secondary N) is 1. The van der Waals surface area contributed by atoms with Gasteiger partial charge in [-0.3, -0.25) is 14.6 Å². The molecule has 158 valence electrons. The van der Waals surface area contributed by atoms with Crippen LogP contribution in [-0.4, -0.2) is 71.2 Å². The van der Waals surface area contributed by atoms with Gasteiger partial charge in [-0.2, -0.15) is 13.8 Å². The molecule has 0 saturated carbocycles. The van der Waals surface area contributed by atoms with E-state index in [1.54, 1.807) is 18.2 Å². The van der Waals surface area contributed by atoms with Gasteiger partial charge in [0.25, 0.3) is 0 Å². The summed E-state index contributed by atoms with van der Waals surface area (Å²) < 4.78 is 35.0. The molecular weight excluding hydrogens is 384 g/mol. The van der Waals surface area contributed by atoms with E-state index in [1.165, 1.54) is 6.07 Å². The summed E-state index contributed by atoms with van der Waals surface area (Å²) in [6.45, 7) is 4.83. The highest BCUT2D eigenvalue weighted by molar-refractivity contribution is 5.78. The lowest BCUT2D eigenvalue weighted by molar-refractivity contribution is -0.123. The molecule has 0 aliphatic carbocycles. The van der Waals surface area contributed by atoms with E-state index in [2.05, 4.69) is 30.0 Å². The summed E-state index contributed by atoms with van der Waals surface area (Å²) in [4.78, 5) is 20.4. The third-order valence-corrected chi connectivity index (χ3v) is 4.45. The van der Waals surface area contributed by atoms with Crippen LogP contribution < -0.4 is 10.1 Å². The van der Waals surface area contributed by atoms with E-state index in [0.717, 1.165) is 26.2 Å². The molecule has 0 unspecified atom stereocenters. The number of carbonyl (C=O) groups is 1. The lowest BCUT2D eigenvalue weighted by Gasteiger charge is -2.33. The minimum absolute atomic E-state index is 0.00291. The standard InChI is InChI=1S/C19H25F2N5O3/c1-13(2)22-16(27)11-25-7-9-26(10-8-25)12-17-23-18(24-29-17)14-5-3-4-6-15(14)28-19(20)21/h3-6,13,19H,7-12H2,1-2H3,(H,22,27). The van der Waals surface area contributed by atoms with Gasteiger partial charge in [0.05, 0.1) is 18.7 Å². The number of ether oxygens (including phenoxy) is 1. The third-order valence-electron chi connectivity index (χ3n) is 4.45. The fourth-order valence-electron chi connectivity index (χ4n) is 3.15. The number of hydrogen-bond acceptors (Lipinski definition) is 7. The summed E-state index contributed by atoms with van der Waals surface area (Å²) in [7, 11) is 0. The summed E-state index contributed by atoms with van der Waals surface area (Å²) in [6.07, 6.45) is 0. The molecular formula is C19H25F2N5O3. The van der Waals surface area contributed by atoms with Crippen molar-refractivity contribution in [2.24, 2.45) is 0 Å². The second-order valence-corrected chi connectivity index (χ2v) is 7.16. The Hall–Kier alpha value is -2.59. The predicted octanol–water partition coefficient (Wildman–Crippen LogP) is 1.98. The quantitative estimate of drug-likeness (QED) is 0.714. The van der Waals surface area contributed by atoms with Gasteiger partial charge in [-0.1, -0.05) is 17.3 Å². The van der Waals surface area contributed by atoms with Crippen molar-refractivity contribution in [1.82, 2.24) is 25.3 Å². The first-order chi connectivity index (χ1) is 13.9. The molecule has 2 heterocycles. The molecule has 1 fully saturated rings. The molecule has 3 rings (SSSR count). The molecule has 8 nitrogen and oxygen atoms in total. The Kier molecular flexibility index (Phi) is 7.10. The van der Waals surface area contributed by atoms with Crippen molar-refractivity contribution in [2.75, 3.05) is 32.7 Å². The van der Waals surface area contributed by atoms with E-state index in [1.807, 2.05) is 13.8 Å². The summed E-state index contributed by atoms with van der Waals surface area (Å²) in [6, 6.07) is 6.47. The number of hydrogen-bond donors (Lipinski definition) is 1. The number of halogens is 2. The molecule has 2 aromatic rings. The van der Waals surface area contributed by atoms with E-state index in [9.17, 15) is 13.6 Å². The molecule has 0 atom stereocenters. The van der Waals surface area contributed by atoms with Gasteiger partial charge in [-0.15, -0.1) is 0 Å². The average molecular weight is 409 g/mol. The number of nitrogens with zero attached hydrogens (tertiary/aromatic N) is 4. The van der Waals surface area contributed by atoms with Crippen LogP contribution >= 0.6 is 0 Å². The molecule has 1 aromatic heterocycles. The number of carbonyl (C=O) groups excluding carboxylic acids is 1. The van der Waals surface area contributed by atoms with Crippen molar-refractivity contribution < 1.29 is 22.8 Å². The van der Waals surface area contributed by atoms with Gasteiger partial charge in [0.15, 0.2) is 0 Å². The number of amides is 1. The van der Waals surface area contributed by atoms with E-state index in [4.69, 9.17) is 4.52 Å². The van der Waals surface area contributed by atoms with Crippen LogP contribution in [0.5, 0.6) is 5.75 Å². The van der Waals surface area contributed by atoms with Crippen molar-refractivity contribution >= 4 is 5.91 Å². The minimum atomic E-state index is -2.93. The van der Waals surface area contributed by atoms with Crippen LogP contribution in [0.2, 0.25) is 0 Å². The Bertz CT molecular complexity index is 807. The van der Waals surface area contributed by atoms with Crippen LogP contribution in [0, 0.1) is 0 Å². The Morgan fingerprint density at radius 2 is 1.90 bits per heavy atom. The molecule has 29 heavy (non-hydrogen) atoms. The molecule has 1 aliphatic rings. The first kappa shape index (κ1) is 21.1. The van der Waals surface area contributed by atoms with Gasteiger partial charge < -0.3 is 14.6 Å². The topological polar surface area (TPSA) is 83.7 Å². The Labute approximate surface area is 167 Å². The highest BCUT2D eigenvalue weighted by Gasteiger charge is 2.22. The Balaban J connectivity index is 1.54. The average Bonchev–Trinajstić information content (AvgIpc) is 3.11. The molecule has 0 bridgehead atoms. The fraction of sp³-hybridized carbons (Fsp3) is 0.526. The second kappa shape index (κ2) is 9.75. The van der Waals surface area contributed by atoms with Gasteiger partial charge >= 0.3 is 6.61 Å². The second-order valence-electron chi connectivity index (χ2n) is 7.16. The summed E-state index contributed by atoms with van der Waals surface area (Å²) in [5.74, 6) is 0.640. The van der Waals surface area contributed by atoms with Gasteiger partial charge in [0.1, 0.15) is 5.75 Å². The first-order valence-corrected chi connectivity index (χ1v) is 9.51. The number of benzene rings is 1. The highest BCUT2D eigenvalue weighted by atomic mass is 19.3. The molecule has 10 heteroatoms. The summed E-state index contributed by atoms with van der Waals surface area (Å²) >= 11 is 0. The fourth-order valence-corrected chi connectivity index (χ4v) is 3.15. The van der Waals surface area contributed by atoms with Crippen LogP contribution in [0.1, 0.15) is 19.7 Å². The zero-order valence-corrected chi connectivity index (χ0v) is 16.5. The van der Waals surface area contributed by atoms with Crippen LogP contribution in [0.3, 0.4) is 0 Å². The summed E-state index contributed by atoms with van der Waals surface area (Å²) in [5, 5.41) is 6.79. The first-order valence-electron chi connectivity index (χ1n) is 9.51. The van der Waals surface area contributed by atoms with E-state index < -0.39 is 6.61 Å². The largest absolute Gasteiger partial charge is 0.434 e. The molecule has 1 aromatic carbocycles. The van der Waals surface area contributed by atoms with Crippen molar-refractivity contribution in [3.63, 3.8) is 0 Å². The van der Waals surface area contributed by atoms with Crippen LogP contribution in [0.15, 0.2) is 28.8 Å². The Morgan fingerprint density at radius 1 is 1.21 bits per heavy atom. The highest BCUT2D eigenvalue weighted by Crippen LogP contribution is 2.29. The van der Waals surface area contributed by atoms with Gasteiger partial charge in [0.2, 0.25) is 17.6 Å². The predicted molar refractivity (Wildman–Crippen MR) is 101 cm³/mol. The van der Waals surface area contributed by atoms with Crippen LogP contribution in [-0.2, 0) is 11.3 Å². The van der Waals surface area contributed by atoms with E-state index in [-0.39, 0.29) is 23.5 Å². The molecule has 0 spiro atoms. The van der Waals surface area contributed by atoms with E-state index in [0.29, 0.717) is 24.5 Å². The number of para-hydroxylation sites is 1. The maximum absolute atomic E-state index is 12.6. The molecule has 0 radical (unpaired) electrons. The van der Waals surface area contributed by atoms with Crippen molar-refractivity contribution in [3.05, 3.63) is 30.2 Å². The third kappa shape index (κ3) is 6.20. The maximum Gasteiger partial charge on any atom is 0.387 e.